The first-order valence-corrected chi connectivity index (χ1v) is 11.1. The monoisotopic (exact) mass is 440 g/mol. The number of nitrogens with zero attached hydrogens (tertiary/aromatic N) is 5. The number of hydrogen-bond donors (Lipinski definition) is 3. The standard InChI is InChI=1S/C24H24N8O/c1-31-14-29-22-17(6-7-26-23(22)31)16-3-4-19(21-18(16)13-28-24(21)33)30-20-5-2-15(12-27-20)32-10-8-25-9-11-32/h2-7,12,14,25H,8-11,13H2,1H3,(H,27,30)(H,28,33). The molecular weight excluding hydrogens is 416 g/mol. The number of aromatic nitrogens is 4. The number of benzene rings is 1. The van der Waals surface area contributed by atoms with Gasteiger partial charge in [-0.2, -0.15) is 0 Å². The first kappa shape index (κ1) is 19.7. The van der Waals surface area contributed by atoms with Crippen molar-refractivity contribution in [3.05, 3.63) is 60.2 Å². The molecule has 4 aromatic rings. The normalized spacial score (nSPS) is 15.5. The van der Waals surface area contributed by atoms with Gasteiger partial charge in [-0.15, -0.1) is 0 Å². The second-order valence-electron chi connectivity index (χ2n) is 8.35. The summed E-state index contributed by atoms with van der Waals surface area (Å²) in [4.78, 5) is 28.7. The average molecular weight is 441 g/mol. The van der Waals surface area contributed by atoms with E-state index in [1.54, 1.807) is 12.5 Å². The minimum atomic E-state index is -0.0851. The Morgan fingerprint density at radius 2 is 1.88 bits per heavy atom. The van der Waals surface area contributed by atoms with Gasteiger partial charge in [0, 0.05) is 51.5 Å². The van der Waals surface area contributed by atoms with Crippen LogP contribution in [0.3, 0.4) is 0 Å². The van der Waals surface area contributed by atoms with Crippen molar-refractivity contribution in [2.45, 2.75) is 6.54 Å². The van der Waals surface area contributed by atoms with Gasteiger partial charge in [0.25, 0.3) is 5.91 Å². The molecule has 1 amide bonds. The molecule has 1 fully saturated rings. The van der Waals surface area contributed by atoms with E-state index in [4.69, 9.17) is 0 Å². The summed E-state index contributed by atoms with van der Waals surface area (Å²) in [7, 11) is 1.93. The molecule has 0 spiro atoms. The van der Waals surface area contributed by atoms with Crippen LogP contribution in [-0.2, 0) is 13.6 Å². The molecule has 166 valence electrons. The zero-order chi connectivity index (χ0) is 22.4. The zero-order valence-electron chi connectivity index (χ0n) is 18.3. The maximum atomic E-state index is 12.8. The lowest BCUT2D eigenvalue weighted by molar-refractivity contribution is 0.0966. The summed E-state index contributed by atoms with van der Waals surface area (Å²) in [6.45, 7) is 4.39. The van der Waals surface area contributed by atoms with Crippen molar-refractivity contribution in [3.63, 3.8) is 0 Å². The Morgan fingerprint density at radius 3 is 2.70 bits per heavy atom. The van der Waals surface area contributed by atoms with E-state index in [0.717, 1.165) is 65.4 Å². The highest BCUT2D eigenvalue weighted by molar-refractivity contribution is 6.07. The van der Waals surface area contributed by atoms with Gasteiger partial charge < -0.3 is 25.4 Å². The third-order valence-corrected chi connectivity index (χ3v) is 6.35. The number of imidazole rings is 1. The average Bonchev–Trinajstić information content (AvgIpc) is 3.44. The Morgan fingerprint density at radius 1 is 1.00 bits per heavy atom. The molecule has 33 heavy (non-hydrogen) atoms. The number of amides is 1. The van der Waals surface area contributed by atoms with E-state index in [0.29, 0.717) is 17.9 Å². The largest absolute Gasteiger partial charge is 0.368 e. The molecule has 3 N–H and O–H groups in total. The smallest absolute Gasteiger partial charge is 0.254 e. The molecule has 6 rings (SSSR count). The molecule has 0 aliphatic carbocycles. The lowest BCUT2D eigenvalue weighted by atomic mass is 9.95. The van der Waals surface area contributed by atoms with E-state index < -0.39 is 0 Å². The second kappa shape index (κ2) is 7.86. The first-order chi connectivity index (χ1) is 16.2. The first-order valence-electron chi connectivity index (χ1n) is 11.1. The van der Waals surface area contributed by atoms with Crippen LogP contribution in [-0.4, -0.2) is 51.6 Å². The fraction of sp³-hybridized carbons (Fsp3) is 0.250. The van der Waals surface area contributed by atoms with Gasteiger partial charge >= 0.3 is 0 Å². The fourth-order valence-electron chi connectivity index (χ4n) is 4.66. The van der Waals surface area contributed by atoms with Gasteiger partial charge in [0.1, 0.15) is 11.3 Å². The molecule has 1 saturated heterocycles. The lowest BCUT2D eigenvalue weighted by Gasteiger charge is -2.29. The molecule has 9 nitrogen and oxygen atoms in total. The van der Waals surface area contributed by atoms with Crippen molar-refractivity contribution in [2.75, 3.05) is 36.4 Å². The molecule has 0 unspecified atom stereocenters. The van der Waals surface area contributed by atoms with Gasteiger partial charge in [0.05, 0.1) is 29.5 Å². The van der Waals surface area contributed by atoms with Crippen molar-refractivity contribution in [2.24, 2.45) is 7.05 Å². The van der Waals surface area contributed by atoms with E-state index in [2.05, 4.69) is 41.9 Å². The third-order valence-electron chi connectivity index (χ3n) is 6.35. The molecule has 2 aliphatic rings. The van der Waals surface area contributed by atoms with E-state index in [1.807, 2.05) is 42.1 Å². The summed E-state index contributed by atoms with van der Waals surface area (Å²) >= 11 is 0. The molecular formula is C24H24N8O. The predicted octanol–water partition coefficient (Wildman–Crippen LogP) is 2.43. The number of fused-ring (bicyclic) bond motifs is 2. The number of piperazine rings is 1. The quantitative estimate of drug-likeness (QED) is 0.448. The Kier molecular flexibility index (Phi) is 4.69. The maximum Gasteiger partial charge on any atom is 0.254 e. The van der Waals surface area contributed by atoms with Gasteiger partial charge in [-0.3, -0.25) is 4.79 Å². The molecule has 0 bridgehead atoms. The van der Waals surface area contributed by atoms with Crippen LogP contribution in [0.1, 0.15) is 15.9 Å². The van der Waals surface area contributed by atoms with E-state index in [9.17, 15) is 4.79 Å². The van der Waals surface area contributed by atoms with Gasteiger partial charge in [0.2, 0.25) is 0 Å². The van der Waals surface area contributed by atoms with Gasteiger partial charge in [0.15, 0.2) is 5.65 Å². The molecule has 9 heteroatoms. The number of hydrogen-bond acceptors (Lipinski definition) is 7. The molecule has 5 heterocycles. The Labute approximate surface area is 190 Å². The van der Waals surface area contributed by atoms with Crippen LogP contribution in [0.25, 0.3) is 22.3 Å². The number of rotatable bonds is 4. The summed E-state index contributed by atoms with van der Waals surface area (Å²) < 4.78 is 1.90. The van der Waals surface area contributed by atoms with E-state index >= 15 is 0 Å². The minimum absolute atomic E-state index is 0.0851. The molecule has 1 aromatic carbocycles. The predicted molar refractivity (Wildman–Crippen MR) is 128 cm³/mol. The number of carbonyl (C=O) groups is 1. The maximum absolute atomic E-state index is 12.8. The Bertz CT molecular complexity index is 1360. The molecule has 0 radical (unpaired) electrons. The van der Waals surface area contributed by atoms with Crippen LogP contribution >= 0.6 is 0 Å². The highest BCUT2D eigenvalue weighted by Gasteiger charge is 2.27. The van der Waals surface area contributed by atoms with Crippen LogP contribution in [0, 0.1) is 0 Å². The van der Waals surface area contributed by atoms with E-state index in [1.165, 1.54) is 0 Å². The lowest BCUT2D eigenvalue weighted by Crippen LogP contribution is -2.43. The Balaban J connectivity index is 1.35. The highest BCUT2D eigenvalue weighted by Crippen LogP contribution is 2.37. The van der Waals surface area contributed by atoms with Crippen molar-refractivity contribution in [1.29, 1.82) is 0 Å². The molecule has 0 atom stereocenters. The Hall–Kier alpha value is -3.98. The van der Waals surface area contributed by atoms with Gasteiger partial charge in [-0.05, 0) is 35.4 Å². The van der Waals surface area contributed by atoms with Crippen molar-refractivity contribution in [1.82, 2.24) is 30.2 Å². The summed E-state index contributed by atoms with van der Waals surface area (Å²) in [6.07, 6.45) is 5.43. The minimum Gasteiger partial charge on any atom is -0.368 e. The van der Waals surface area contributed by atoms with Crippen LogP contribution in [0.5, 0.6) is 0 Å². The number of carbonyl (C=O) groups excluding carboxylic acids is 1. The third kappa shape index (κ3) is 3.37. The van der Waals surface area contributed by atoms with Gasteiger partial charge in [-0.25, -0.2) is 15.0 Å². The summed E-state index contributed by atoms with van der Waals surface area (Å²) in [6, 6.07) is 9.98. The summed E-state index contributed by atoms with van der Waals surface area (Å²) in [5.41, 5.74) is 7.07. The van der Waals surface area contributed by atoms with Crippen LogP contribution in [0.15, 0.2) is 49.1 Å². The SMILES string of the molecule is Cn1cnc2c(-c3ccc(Nc4ccc(N5CCNCC5)cn4)c4c3CNC4=O)ccnc21. The van der Waals surface area contributed by atoms with E-state index in [-0.39, 0.29) is 5.91 Å². The van der Waals surface area contributed by atoms with Crippen molar-refractivity contribution in [3.8, 4) is 11.1 Å². The van der Waals surface area contributed by atoms with Gasteiger partial charge in [-0.1, -0.05) is 6.07 Å². The van der Waals surface area contributed by atoms with Crippen molar-refractivity contribution < 1.29 is 4.79 Å². The number of anilines is 3. The molecule has 3 aromatic heterocycles. The summed E-state index contributed by atoms with van der Waals surface area (Å²) in [5, 5.41) is 9.69. The molecule has 2 aliphatic heterocycles. The van der Waals surface area contributed by atoms with Crippen LogP contribution in [0.4, 0.5) is 17.2 Å². The van der Waals surface area contributed by atoms with Crippen molar-refractivity contribution >= 4 is 34.3 Å². The van der Waals surface area contributed by atoms with Crippen LogP contribution in [0.2, 0.25) is 0 Å². The zero-order valence-corrected chi connectivity index (χ0v) is 18.3. The van der Waals surface area contributed by atoms with Crippen LogP contribution < -0.4 is 20.9 Å². The number of nitrogens with one attached hydrogen (secondary N) is 3. The second-order valence-corrected chi connectivity index (χ2v) is 8.35. The number of aryl methyl sites for hydroxylation is 1. The molecule has 0 saturated carbocycles. The highest BCUT2D eigenvalue weighted by atomic mass is 16.1. The topological polar surface area (TPSA) is 100 Å². The fourth-order valence-corrected chi connectivity index (χ4v) is 4.66. The summed E-state index contributed by atoms with van der Waals surface area (Å²) in [5.74, 6) is 0.623. The number of pyridine rings is 2.